The van der Waals surface area contributed by atoms with Gasteiger partial charge in [0.15, 0.2) is 0 Å². The Labute approximate surface area is 137 Å². The van der Waals surface area contributed by atoms with Crippen LogP contribution in [0.4, 0.5) is 5.69 Å². The molecule has 3 rings (SSSR count). The SMILES string of the molecule is Clc1ccc(NCc2cccc3ccccc23)c(I)c1. The molecule has 0 saturated heterocycles. The van der Waals surface area contributed by atoms with E-state index in [0.29, 0.717) is 0 Å². The zero-order valence-corrected chi connectivity index (χ0v) is 13.6. The van der Waals surface area contributed by atoms with E-state index in [4.69, 9.17) is 11.6 Å². The van der Waals surface area contributed by atoms with Crippen molar-refractivity contribution < 1.29 is 0 Å². The van der Waals surface area contributed by atoms with Gasteiger partial charge in [-0.25, -0.2) is 0 Å². The van der Waals surface area contributed by atoms with Crippen LogP contribution < -0.4 is 5.32 Å². The number of hydrogen-bond donors (Lipinski definition) is 1. The molecule has 0 aliphatic carbocycles. The lowest BCUT2D eigenvalue weighted by atomic mass is 10.0. The molecule has 0 saturated carbocycles. The van der Waals surface area contributed by atoms with Gasteiger partial charge in [-0.2, -0.15) is 0 Å². The minimum absolute atomic E-state index is 0.769. The molecule has 1 N–H and O–H groups in total. The van der Waals surface area contributed by atoms with E-state index in [1.807, 2.05) is 18.2 Å². The van der Waals surface area contributed by atoms with Crippen LogP contribution in [0.1, 0.15) is 5.56 Å². The van der Waals surface area contributed by atoms with Crippen molar-refractivity contribution in [2.45, 2.75) is 6.54 Å². The summed E-state index contributed by atoms with van der Waals surface area (Å²) in [6.07, 6.45) is 0. The highest BCUT2D eigenvalue weighted by atomic mass is 127. The fraction of sp³-hybridized carbons (Fsp3) is 0.0588. The summed E-state index contributed by atoms with van der Waals surface area (Å²) in [5.74, 6) is 0. The number of halogens is 2. The highest BCUT2D eigenvalue weighted by Gasteiger charge is 2.03. The van der Waals surface area contributed by atoms with E-state index in [2.05, 4.69) is 70.4 Å². The predicted molar refractivity (Wildman–Crippen MR) is 95.4 cm³/mol. The van der Waals surface area contributed by atoms with Crippen LogP contribution in [0.2, 0.25) is 5.02 Å². The van der Waals surface area contributed by atoms with Crippen LogP contribution in [-0.2, 0) is 6.54 Å². The Bertz CT molecular complexity index is 750. The Morgan fingerprint density at radius 2 is 1.75 bits per heavy atom. The largest absolute Gasteiger partial charge is 0.380 e. The summed E-state index contributed by atoms with van der Waals surface area (Å²) in [7, 11) is 0. The van der Waals surface area contributed by atoms with E-state index in [0.717, 1.165) is 20.8 Å². The number of anilines is 1. The third-order valence-electron chi connectivity index (χ3n) is 3.28. The number of rotatable bonds is 3. The highest BCUT2D eigenvalue weighted by molar-refractivity contribution is 14.1. The Morgan fingerprint density at radius 1 is 0.950 bits per heavy atom. The molecule has 0 heterocycles. The Hall–Kier alpha value is -1.26. The van der Waals surface area contributed by atoms with Crippen molar-refractivity contribution in [1.29, 1.82) is 0 Å². The fourth-order valence-electron chi connectivity index (χ4n) is 2.27. The average Bonchev–Trinajstić information content (AvgIpc) is 2.46. The van der Waals surface area contributed by atoms with Crippen molar-refractivity contribution in [3.05, 3.63) is 74.8 Å². The topological polar surface area (TPSA) is 12.0 Å². The second kappa shape index (κ2) is 6.02. The second-order valence-corrected chi connectivity index (χ2v) is 6.21. The second-order valence-electron chi connectivity index (χ2n) is 4.62. The van der Waals surface area contributed by atoms with Gasteiger partial charge in [-0.05, 0) is 57.1 Å². The zero-order valence-electron chi connectivity index (χ0n) is 10.7. The Morgan fingerprint density at radius 3 is 2.60 bits per heavy atom. The predicted octanol–water partition coefficient (Wildman–Crippen LogP) is 5.71. The standard InChI is InChI=1S/C17H13ClIN/c18-14-8-9-17(16(19)10-14)20-11-13-6-3-5-12-4-1-2-7-15(12)13/h1-10,20H,11H2. The molecule has 0 amide bonds. The maximum atomic E-state index is 5.98. The maximum Gasteiger partial charge on any atom is 0.0479 e. The summed E-state index contributed by atoms with van der Waals surface area (Å²) in [4.78, 5) is 0. The van der Waals surface area contributed by atoms with Crippen molar-refractivity contribution in [3.8, 4) is 0 Å². The summed E-state index contributed by atoms with van der Waals surface area (Å²) in [5, 5.41) is 6.82. The van der Waals surface area contributed by atoms with Crippen molar-refractivity contribution in [2.24, 2.45) is 0 Å². The molecule has 3 aromatic carbocycles. The normalized spacial score (nSPS) is 10.7. The Kier molecular flexibility index (Phi) is 4.13. The lowest BCUT2D eigenvalue weighted by Gasteiger charge is -2.11. The van der Waals surface area contributed by atoms with E-state index in [-0.39, 0.29) is 0 Å². The third kappa shape index (κ3) is 2.91. The lowest BCUT2D eigenvalue weighted by molar-refractivity contribution is 1.16. The molecule has 20 heavy (non-hydrogen) atoms. The van der Waals surface area contributed by atoms with Crippen molar-refractivity contribution in [2.75, 3.05) is 5.32 Å². The van der Waals surface area contributed by atoms with Gasteiger partial charge >= 0.3 is 0 Å². The van der Waals surface area contributed by atoms with E-state index in [1.54, 1.807) is 0 Å². The summed E-state index contributed by atoms with van der Waals surface area (Å²) < 4.78 is 1.13. The number of nitrogens with one attached hydrogen (secondary N) is 1. The van der Waals surface area contributed by atoms with Gasteiger partial charge < -0.3 is 5.32 Å². The highest BCUT2D eigenvalue weighted by Crippen LogP contribution is 2.24. The molecule has 0 spiro atoms. The molecular weight excluding hydrogens is 381 g/mol. The molecule has 1 nitrogen and oxygen atoms in total. The summed E-state index contributed by atoms with van der Waals surface area (Å²) in [6.45, 7) is 0.805. The first kappa shape index (κ1) is 13.7. The maximum absolute atomic E-state index is 5.98. The van der Waals surface area contributed by atoms with Crippen LogP contribution >= 0.6 is 34.2 Å². The van der Waals surface area contributed by atoms with Gasteiger partial charge in [0.1, 0.15) is 0 Å². The van der Waals surface area contributed by atoms with Gasteiger partial charge in [0.05, 0.1) is 0 Å². The monoisotopic (exact) mass is 393 g/mol. The van der Waals surface area contributed by atoms with Crippen LogP contribution in [0.5, 0.6) is 0 Å². The first-order chi connectivity index (χ1) is 9.74. The lowest BCUT2D eigenvalue weighted by Crippen LogP contribution is -2.01. The van der Waals surface area contributed by atoms with Gasteiger partial charge in [-0.3, -0.25) is 0 Å². The van der Waals surface area contributed by atoms with E-state index < -0.39 is 0 Å². The van der Waals surface area contributed by atoms with Gasteiger partial charge in [0, 0.05) is 20.8 Å². The first-order valence-electron chi connectivity index (χ1n) is 6.39. The smallest absolute Gasteiger partial charge is 0.0479 e. The van der Waals surface area contributed by atoms with Crippen LogP contribution in [0.3, 0.4) is 0 Å². The van der Waals surface area contributed by atoms with E-state index >= 15 is 0 Å². The first-order valence-corrected chi connectivity index (χ1v) is 7.85. The molecule has 0 aliphatic heterocycles. The molecule has 100 valence electrons. The molecule has 0 bridgehead atoms. The molecule has 0 unspecified atom stereocenters. The van der Waals surface area contributed by atoms with Crippen LogP contribution in [-0.4, -0.2) is 0 Å². The molecular formula is C17H13ClIN. The van der Waals surface area contributed by atoms with Crippen molar-refractivity contribution >= 4 is 50.7 Å². The molecule has 0 aromatic heterocycles. The van der Waals surface area contributed by atoms with Gasteiger partial charge in [0.25, 0.3) is 0 Å². The number of benzene rings is 3. The van der Waals surface area contributed by atoms with Crippen molar-refractivity contribution in [3.63, 3.8) is 0 Å². The zero-order chi connectivity index (χ0) is 13.9. The summed E-state index contributed by atoms with van der Waals surface area (Å²) in [6, 6.07) is 20.8. The summed E-state index contributed by atoms with van der Waals surface area (Å²) in [5.41, 5.74) is 2.41. The Balaban J connectivity index is 1.87. The summed E-state index contributed by atoms with van der Waals surface area (Å²) >= 11 is 8.28. The number of fused-ring (bicyclic) bond motifs is 1. The van der Waals surface area contributed by atoms with Crippen LogP contribution in [0.15, 0.2) is 60.7 Å². The van der Waals surface area contributed by atoms with Crippen LogP contribution in [0.25, 0.3) is 10.8 Å². The molecule has 3 heteroatoms. The van der Waals surface area contributed by atoms with Gasteiger partial charge in [-0.15, -0.1) is 0 Å². The number of hydrogen-bond acceptors (Lipinski definition) is 1. The quantitative estimate of drug-likeness (QED) is 0.562. The third-order valence-corrected chi connectivity index (χ3v) is 4.41. The molecule has 0 atom stereocenters. The van der Waals surface area contributed by atoms with Gasteiger partial charge in [-0.1, -0.05) is 54.1 Å². The van der Waals surface area contributed by atoms with Gasteiger partial charge in [0.2, 0.25) is 0 Å². The molecule has 3 aromatic rings. The molecule has 0 radical (unpaired) electrons. The van der Waals surface area contributed by atoms with E-state index in [9.17, 15) is 0 Å². The van der Waals surface area contributed by atoms with Crippen LogP contribution in [0, 0.1) is 3.57 Å². The fourth-order valence-corrected chi connectivity index (χ4v) is 3.33. The van der Waals surface area contributed by atoms with Crippen molar-refractivity contribution in [1.82, 2.24) is 0 Å². The minimum atomic E-state index is 0.769. The minimum Gasteiger partial charge on any atom is -0.380 e. The average molecular weight is 394 g/mol. The molecule has 0 fully saturated rings. The molecule has 0 aliphatic rings. The van der Waals surface area contributed by atoms with E-state index in [1.165, 1.54) is 16.3 Å².